The smallest absolute Gasteiger partial charge is 0.245 e. The van der Waals surface area contributed by atoms with Crippen LogP contribution < -0.4 is 16.0 Å². The molecule has 0 unspecified atom stereocenters. The number of fused-ring (bicyclic) bond motifs is 1. The largest absolute Gasteiger partial charge is 0.382 e. The third-order valence-electron chi connectivity index (χ3n) is 9.62. The summed E-state index contributed by atoms with van der Waals surface area (Å²) in [5.41, 5.74) is 3.68. The lowest BCUT2D eigenvalue weighted by Crippen LogP contribution is -2.55. The van der Waals surface area contributed by atoms with Gasteiger partial charge in [0.25, 0.3) is 0 Å². The molecule has 0 saturated carbocycles. The van der Waals surface area contributed by atoms with Crippen molar-refractivity contribution in [2.45, 2.75) is 89.1 Å². The summed E-state index contributed by atoms with van der Waals surface area (Å²) in [7, 11) is 3.34. The van der Waals surface area contributed by atoms with E-state index in [-0.39, 0.29) is 41.6 Å². The van der Waals surface area contributed by atoms with E-state index in [0.29, 0.717) is 25.8 Å². The summed E-state index contributed by atoms with van der Waals surface area (Å²) < 4.78 is 36.7. The number of hydrogen-bond donors (Lipinski definition) is 3. The van der Waals surface area contributed by atoms with Crippen molar-refractivity contribution in [3.05, 3.63) is 59.7 Å². The molecule has 10 heteroatoms. The molecule has 5 rings (SSSR count). The number of benzene rings is 2. The van der Waals surface area contributed by atoms with Crippen molar-refractivity contribution in [2.24, 2.45) is 0 Å². The fourth-order valence-electron chi connectivity index (χ4n) is 7.14. The van der Waals surface area contributed by atoms with Gasteiger partial charge in [-0.1, -0.05) is 6.92 Å². The summed E-state index contributed by atoms with van der Waals surface area (Å²) in [4.78, 5) is 29.2. The summed E-state index contributed by atoms with van der Waals surface area (Å²) in [5, 5.41) is 10.4. The minimum absolute atomic E-state index is 0.114. The van der Waals surface area contributed by atoms with Gasteiger partial charge in [0.1, 0.15) is 17.7 Å². The van der Waals surface area contributed by atoms with Crippen LogP contribution in [0.4, 0.5) is 8.78 Å². The Kier molecular flexibility index (Phi) is 10.9. The number of amides is 2. The second kappa shape index (κ2) is 14.8. The number of halogens is 2. The molecule has 2 aliphatic heterocycles. The van der Waals surface area contributed by atoms with E-state index in [4.69, 9.17) is 4.74 Å². The van der Waals surface area contributed by atoms with E-state index in [1.807, 2.05) is 24.8 Å². The molecule has 2 fully saturated rings. The zero-order valence-corrected chi connectivity index (χ0v) is 26.9. The lowest BCUT2D eigenvalue weighted by molar-refractivity contribution is -0.138. The van der Waals surface area contributed by atoms with E-state index in [1.165, 1.54) is 18.2 Å². The number of carbonyl (C=O) groups excluding carboxylic acids is 2. The van der Waals surface area contributed by atoms with Crippen LogP contribution in [0.1, 0.15) is 64.0 Å². The van der Waals surface area contributed by atoms with E-state index >= 15 is 0 Å². The van der Waals surface area contributed by atoms with Gasteiger partial charge < -0.3 is 30.2 Å². The fourth-order valence-corrected chi connectivity index (χ4v) is 7.14. The maximum absolute atomic E-state index is 14.8. The first kappa shape index (κ1) is 33.0. The number of aromatic nitrogens is 1. The standard InChI is InChI=1S/C35H47F2N5O3/c1-5-30(38-3)34(43)40-31(19-22(2)45-4)35(44)41-18-6-7-27(41)21-29-28-13-12-25(37)20-32(28)42(26-14-16-39-17-15-26)33(29)23-8-10-24(36)11-9-23/h8-13,20,22,26-27,30-31,38-39H,5-7,14-19,21H2,1-4H3,(H,40,43)/t22-,27-,30-,31-/m0/s1. The predicted octanol–water partition coefficient (Wildman–Crippen LogP) is 4.95. The molecule has 3 N–H and O–H groups in total. The maximum Gasteiger partial charge on any atom is 0.245 e. The Morgan fingerprint density at radius 3 is 2.42 bits per heavy atom. The maximum atomic E-state index is 14.8. The van der Waals surface area contributed by atoms with Crippen LogP contribution in [0.5, 0.6) is 0 Å². The lowest BCUT2D eigenvalue weighted by Gasteiger charge is -2.31. The summed E-state index contributed by atoms with van der Waals surface area (Å²) >= 11 is 0. The average Bonchev–Trinajstić information content (AvgIpc) is 3.64. The Balaban J connectivity index is 1.54. The van der Waals surface area contributed by atoms with Gasteiger partial charge >= 0.3 is 0 Å². The molecule has 3 aromatic rings. The topological polar surface area (TPSA) is 87.6 Å². The van der Waals surface area contributed by atoms with Crippen molar-refractivity contribution in [1.29, 1.82) is 0 Å². The first-order valence-electron chi connectivity index (χ1n) is 16.4. The highest BCUT2D eigenvalue weighted by atomic mass is 19.1. The van der Waals surface area contributed by atoms with Crippen LogP contribution >= 0.6 is 0 Å². The van der Waals surface area contributed by atoms with E-state index < -0.39 is 12.1 Å². The number of likely N-dealkylation sites (tertiary alicyclic amines) is 1. The molecule has 8 nitrogen and oxygen atoms in total. The fraction of sp³-hybridized carbons (Fsp3) is 0.543. The van der Waals surface area contributed by atoms with Gasteiger partial charge in [-0.2, -0.15) is 0 Å². The highest BCUT2D eigenvalue weighted by Gasteiger charge is 2.37. The molecule has 0 radical (unpaired) electrons. The number of nitrogens with one attached hydrogen (secondary N) is 3. The van der Waals surface area contributed by atoms with Crippen LogP contribution in [0.15, 0.2) is 42.5 Å². The molecular formula is C35H47F2N5O3. The van der Waals surface area contributed by atoms with Gasteiger partial charge in [0.05, 0.1) is 23.4 Å². The molecule has 2 aliphatic rings. The molecule has 2 aromatic carbocycles. The van der Waals surface area contributed by atoms with Gasteiger partial charge in [0.15, 0.2) is 0 Å². The van der Waals surface area contributed by atoms with Crippen molar-refractivity contribution in [2.75, 3.05) is 33.8 Å². The van der Waals surface area contributed by atoms with E-state index in [2.05, 4.69) is 20.5 Å². The van der Waals surface area contributed by atoms with Crippen LogP contribution in [0.25, 0.3) is 22.2 Å². The number of nitrogens with zero attached hydrogens (tertiary/aromatic N) is 2. The summed E-state index contributed by atoms with van der Waals surface area (Å²) in [6.07, 6.45) is 4.75. The Hall–Kier alpha value is -3.34. The Morgan fingerprint density at radius 2 is 1.76 bits per heavy atom. The molecule has 4 atom stereocenters. The third-order valence-corrected chi connectivity index (χ3v) is 9.62. The molecule has 244 valence electrons. The zero-order valence-electron chi connectivity index (χ0n) is 26.9. The van der Waals surface area contributed by atoms with Crippen molar-refractivity contribution in [1.82, 2.24) is 25.4 Å². The van der Waals surface area contributed by atoms with E-state index in [0.717, 1.165) is 66.5 Å². The van der Waals surface area contributed by atoms with Crippen LogP contribution in [0.3, 0.4) is 0 Å². The quantitative estimate of drug-likeness (QED) is 0.266. The van der Waals surface area contributed by atoms with Crippen LogP contribution in [-0.4, -0.2) is 79.3 Å². The van der Waals surface area contributed by atoms with Gasteiger partial charge in [-0.3, -0.25) is 9.59 Å². The molecule has 0 aliphatic carbocycles. The number of carbonyl (C=O) groups is 2. The lowest BCUT2D eigenvalue weighted by atomic mass is 9.96. The van der Waals surface area contributed by atoms with Gasteiger partial charge in [-0.25, -0.2) is 8.78 Å². The Labute approximate surface area is 264 Å². The summed E-state index contributed by atoms with van der Waals surface area (Å²) in [6.45, 7) is 6.14. The van der Waals surface area contributed by atoms with Gasteiger partial charge in [-0.15, -0.1) is 0 Å². The molecule has 1 aromatic heterocycles. The van der Waals surface area contributed by atoms with Crippen LogP contribution in [0, 0.1) is 11.6 Å². The van der Waals surface area contributed by atoms with Crippen molar-refractivity contribution >= 4 is 22.7 Å². The minimum atomic E-state index is -0.725. The second-order valence-corrected chi connectivity index (χ2v) is 12.5. The molecule has 2 amide bonds. The summed E-state index contributed by atoms with van der Waals surface area (Å²) in [6, 6.07) is 10.4. The Bertz CT molecular complexity index is 1470. The number of methoxy groups -OCH3 is 1. The normalized spacial score (nSPS) is 19.5. The number of likely N-dealkylation sites (N-methyl/N-ethyl adjacent to an activating group) is 1. The van der Waals surface area contributed by atoms with Crippen molar-refractivity contribution < 1.29 is 23.1 Å². The second-order valence-electron chi connectivity index (χ2n) is 12.5. The Morgan fingerprint density at radius 1 is 1.04 bits per heavy atom. The molecule has 3 heterocycles. The first-order valence-corrected chi connectivity index (χ1v) is 16.4. The van der Waals surface area contributed by atoms with E-state index in [9.17, 15) is 18.4 Å². The highest BCUT2D eigenvalue weighted by molar-refractivity contribution is 5.93. The molecule has 45 heavy (non-hydrogen) atoms. The minimum Gasteiger partial charge on any atom is -0.382 e. The number of ether oxygens (including phenoxy) is 1. The number of piperidine rings is 1. The summed E-state index contributed by atoms with van der Waals surface area (Å²) in [5.74, 6) is -0.937. The zero-order chi connectivity index (χ0) is 32.1. The average molecular weight is 624 g/mol. The molecule has 2 saturated heterocycles. The third kappa shape index (κ3) is 7.23. The van der Waals surface area contributed by atoms with Crippen molar-refractivity contribution in [3.63, 3.8) is 0 Å². The molecule has 0 spiro atoms. The van der Waals surface area contributed by atoms with Gasteiger partial charge in [0, 0.05) is 37.5 Å². The first-order chi connectivity index (χ1) is 21.7. The number of rotatable bonds is 12. The van der Waals surface area contributed by atoms with Crippen molar-refractivity contribution in [3.8, 4) is 11.3 Å². The monoisotopic (exact) mass is 623 g/mol. The molecular weight excluding hydrogens is 576 g/mol. The van der Waals surface area contributed by atoms with Gasteiger partial charge in [-0.05, 0) is 119 Å². The van der Waals surface area contributed by atoms with Gasteiger partial charge in [0.2, 0.25) is 11.8 Å². The van der Waals surface area contributed by atoms with Crippen LogP contribution in [-0.2, 0) is 20.7 Å². The predicted molar refractivity (Wildman–Crippen MR) is 173 cm³/mol. The highest BCUT2D eigenvalue weighted by Crippen LogP contribution is 2.41. The SMILES string of the molecule is CC[C@H](NC)C(=O)N[C@@H](C[C@H](C)OC)C(=O)N1CCC[C@H]1Cc1c(-c2ccc(F)cc2)n(C2CCNCC2)c2cc(F)ccc12. The molecule has 0 bridgehead atoms. The van der Waals surface area contributed by atoms with Crippen LogP contribution in [0.2, 0.25) is 0 Å². The van der Waals surface area contributed by atoms with E-state index in [1.54, 1.807) is 32.4 Å². The number of hydrogen-bond acceptors (Lipinski definition) is 5.